The summed E-state index contributed by atoms with van der Waals surface area (Å²) in [6.07, 6.45) is 0.0636. The number of halogens is 2. The van der Waals surface area contributed by atoms with Crippen LogP contribution >= 0.6 is 23.2 Å². The summed E-state index contributed by atoms with van der Waals surface area (Å²) in [5.41, 5.74) is 1.12. The van der Waals surface area contributed by atoms with Crippen molar-refractivity contribution in [1.29, 1.82) is 0 Å². The van der Waals surface area contributed by atoms with Crippen LogP contribution in [0.3, 0.4) is 0 Å². The fourth-order valence-corrected chi connectivity index (χ4v) is 1.94. The normalized spacial score (nSPS) is 10.3. The van der Waals surface area contributed by atoms with E-state index in [2.05, 4.69) is 5.32 Å². The Morgan fingerprint density at radius 2 is 1.75 bits per heavy atom. The Bertz CT molecular complexity index is 603. The van der Waals surface area contributed by atoms with E-state index in [1.54, 1.807) is 24.3 Å². The van der Waals surface area contributed by atoms with Crippen molar-refractivity contribution in [3.05, 3.63) is 52.0 Å². The van der Waals surface area contributed by atoms with Crippen molar-refractivity contribution in [2.75, 3.05) is 5.32 Å². The first-order chi connectivity index (χ1) is 9.45. The molecule has 2 aromatic rings. The van der Waals surface area contributed by atoms with Crippen molar-refractivity contribution in [3.8, 4) is 11.5 Å². The summed E-state index contributed by atoms with van der Waals surface area (Å²) < 4.78 is 0. The molecule has 3 N–H and O–H groups in total. The van der Waals surface area contributed by atoms with Gasteiger partial charge in [-0.3, -0.25) is 4.79 Å². The average molecular weight is 312 g/mol. The number of phenols is 2. The maximum absolute atomic E-state index is 11.8. The Labute approximate surface area is 125 Å². The minimum Gasteiger partial charge on any atom is -0.504 e. The second kappa shape index (κ2) is 6.03. The lowest BCUT2D eigenvalue weighted by Crippen LogP contribution is -2.14. The zero-order valence-electron chi connectivity index (χ0n) is 10.2. The zero-order valence-corrected chi connectivity index (χ0v) is 11.7. The summed E-state index contributed by atoms with van der Waals surface area (Å²) in [4.78, 5) is 11.8. The lowest BCUT2D eigenvalue weighted by Gasteiger charge is -2.07. The van der Waals surface area contributed by atoms with E-state index in [4.69, 9.17) is 23.2 Å². The highest BCUT2D eigenvalue weighted by Crippen LogP contribution is 2.26. The Kier molecular flexibility index (Phi) is 4.37. The molecule has 0 aliphatic carbocycles. The van der Waals surface area contributed by atoms with Crippen molar-refractivity contribution < 1.29 is 15.0 Å². The van der Waals surface area contributed by atoms with E-state index in [0.717, 1.165) is 0 Å². The number of carbonyl (C=O) groups is 1. The summed E-state index contributed by atoms with van der Waals surface area (Å²) in [6, 6.07) is 9.01. The third-order valence-corrected chi connectivity index (χ3v) is 3.35. The Morgan fingerprint density at radius 1 is 1.00 bits per heavy atom. The third-order valence-electron chi connectivity index (χ3n) is 2.61. The molecule has 6 heteroatoms. The van der Waals surface area contributed by atoms with Crippen LogP contribution in [0.1, 0.15) is 5.56 Å². The minimum atomic E-state index is -0.270. The number of carbonyl (C=O) groups excluding carboxylic acids is 1. The molecule has 20 heavy (non-hydrogen) atoms. The summed E-state index contributed by atoms with van der Waals surface area (Å²) in [6.45, 7) is 0. The van der Waals surface area contributed by atoms with Gasteiger partial charge < -0.3 is 15.5 Å². The van der Waals surface area contributed by atoms with Crippen molar-refractivity contribution in [3.63, 3.8) is 0 Å². The lowest BCUT2D eigenvalue weighted by atomic mass is 10.1. The van der Waals surface area contributed by atoms with Gasteiger partial charge in [0.15, 0.2) is 11.5 Å². The number of amides is 1. The maximum Gasteiger partial charge on any atom is 0.228 e. The molecule has 1 amide bonds. The van der Waals surface area contributed by atoms with Crippen LogP contribution in [0.2, 0.25) is 10.0 Å². The van der Waals surface area contributed by atoms with Crippen molar-refractivity contribution in [2.24, 2.45) is 0 Å². The molecule has 0 saturated carbocycles. The highest BCUT2D eigenvalue weighted by atomic mass is 35.5. The van der Waals surface area contributed by atoms with Crippen LogP contribution in [-0.2, 0) is 11.2 Å². The molecule has 0 aliphatic rings. The van der Waals surface area contributed by atoms with Gasteiger partial charge in [-0.15, -0.1) is 0 Å². The highest BCUT2D eigenvalue weighted by Gasteiger charge is 2.08. The molecular weight excluding hydrogens is 301 g/mol. The zero-order chi connectivity index (χ0) is 14.7. The summed E-state index contributed by atoms with van der Waals surface area (Å²) >= 11 is 11.6. The molecule has 4 nitrogen and oxygen atoms in total. The maximum atomic E-state index is 11.8. The van der Waals surface area contributed by atoms with E-state index in [1.165, 1.54) is 12.1 Å². The first-order valence-corrected chi connectivity index (χ1v) is 6.47. The number of phenolic OH excluding ortho intramolecular Hbond substituents is 2. The number of benzene rings is 2. The molecule has 0 spiro atoms. The van der Waals surface area contributed by atoms with Gasteiger partial charge in [-0.2, -0.15) is 0 Å². The number of nitrogens with one attached hydrogen (secondary N) is 1. The third kappa shape index (κ3) is 3.56. The predicted octanol–water partition coefficient (Wildman–Crippen LogP) is 3.59. The van der Waals surface area contributed by atoms with Crippen molar-refractivity contribution in [1.82, 2.24) is 0 Å². The number of rotatable bonds is 3. The van der Waals surface area contributed by atoms with Gasteiger partial charge in [0.2, 0.25) is 5.91 Å². The van der Waals surface area contributed by atoms with E-state index < -0.39 is 0 Å². The van der Waals surface area contributed by atoms with Crippen LogP contribution in [0, 0.1) is 0 Å². The summed E-state index contributed by atoms with van der Waals surface area (Å²) in [5.74, 6) is -0.753. The monoisotopic (exact) mass is 311 g/mol. The smallest absolute Gasteiger partial charge is 0.228 e. The van der Waals surface area contributed by atoms with E-state index in [1.807, 2.05) is 0 Å². The van der Waals surface area contributed by atoms with Gasteiger partial charge in [0.25, 0.3) is 0 Å². The molecule has 0 aromatic heterocycles. The molecule has 104 valence electrons. The van der Waals surface area contributed by atoms with Crippen molar-refractivity contribution >= 4 is 34.8 Å². The van der Waals surface area contributed by atoms with Crippen LogP contribution in [0.25, 0.3) is 0 Å². The Balaban J connectivity index is 2.04. The molecule has 0 saturated heterocycles. The van der Waals surface area contributed by atoms with Crippen LogP contribution in [0.4, 0.5) is 5.69 Å². The van der Waals surface area contributed by atoms with Crippen LogP contribution in [-0.4, -0.2) is 16.1 Å². The van der Waals surface area contributed by atoms with E-state index >= 15 is 0 Å². The average Bonchev–Trinajstić information content (AvgIpc) is 2.38. The van der Waals surface area contributed by atoms with Gasteiger partial charge >= 0.3 is 0 Å². The Morgan fingerprint density at radius 3 is 2.40 bits per heavy atom. The fraction of sp³-hybridized carbons (Fsp3) is 0.0714. The first kappa shape index (κ1) is 14.5. The van der Waals surface area contributed by atoms with Crippen LogP contribution in [0.5, 0.6) is 11.5 Å². The summed E-state index contributed by atoms with van der Waals surface area (Å²) in [7, 11) is 0. The molecule has 2 aromatic carbocycles. The van der Waals surface area contributed by atoms with Crippen LogP contribution in [0.15, 0.2) is 36.4 Å². The minimum absolute atomic E-state index is 0.0636. The largest absolute Gasteiger partial charge is 0.504 e. The molecule has 0 fully saturated rings. The molecule has 2 rings (SSSR count). The van der Waals surface area contributed by atoms with Crippen LogP contribution < -0.4 is 5.32 Å². The van der Waals surface area contributed by atoms with Gasteiger partial charge in [0.1, 0.15) is 0 Å². The first-order valence-electron chi connectivity index (χ1n) is 5.71. The molecule has 0 unspecified atom stereocenters. The van der Waals surface area contributed by atoms with E-state index in [0.29, 0.717) is 21.3 Å². The van der Waals surface area contributed by atoms with E-state index in [-0.39, 0.29) is 23.8 Å². The molecule has 0 bridgehead atoms. The SMILES string of the molecule is O=C(Cc1ccc(O)c(O)c1)Nc1ccc(Cl)c(Cl)c1. The second-order valence-corrected chi connectivity index (χ2v) is 4.99. The lowest BCUT2D eigenvalue weighted by molar-refractivity contribution is -0.115. The highest BCUT2D eigenvalue weighted by molar-refractivity contribution is 6.42. The predicted molar refractivity (Wildman–Crippen MR) is 78.6 cm³/mol. The van der Waals surface area contributed by atoms with E-state index in [9.17, 15) is 15.0 Å². The fourth-order valence-electron chi connectivity index (χ4n) is 1.64. The number of anilines is 1. The number of hydrogen-bond acceptors (Lipinski definition) is 3. The van der Waals surface area contributed by atoms with Gasteiger partial charge in [0.05, 0.1) is 16.5 Å². The molecule has 0 heterocycles. The topological polar surface area (TPSA) is 69.6 Å². The van der Waals surface area contributed by atoms with Gasteiger partial charge in [-0.1, -0.05) is 29.3 Å². The molecule has 0 atom stereocenters. The number of hydrogen-bond donors (Lipinski definition) is 3. The number of aromatic hydroxyl groups is 2. The van der Waals surface area contributed by atoms with Gasteiger partial charge in [0, 0.05) is 5.69 Å². The molecule has 0 aliphatic heterocycles. The molecular formula is C14H11Cl2NO3. The standard InChI is InChI=1S/C14H11Cl2NO3/c15-10-3-2-9(7-11(10)16)17-14(20)6-8-1-4-12(18)13(19)5-8/h1-5,7,18-19H,6H2,(H,17,20). The van der Waals surface area contributed by atoms with Gasteiger partial charge in [-0.25, -0.2) is 0 Å². The van der Waals surface area contributed by atoms with Gasteiger partial charge in [-0.05, 0) is 35.9 Å². The Hall–Kier alpha value is -1.91. The second-order valence-electron chi connectivity index (χ2n) is 4.18. The molecule has 0 radical (unpaired) electrons. The van der Waals surface area contributed by atoms with Crippen molar-refractivity contribution in [2.45, 2.75) is 6.42 Å². The summed E-state index contributed by atoms with van der Waals surface area (Å²) in [5, 5.41) is 22.0. The quantitative estimate of drug-likeness (QED) is 0.759.